The third-order valence-electron chi connectivity index (χ3n) is 4.71. The number of rotatable bonds is 5. The van der Waals surface area contributed by atoms with Gasteiger partial charge in [-0.2, -0.15) is 0 Å². The van der Waals surface area contributed by atoms with Crippen molar-refractivity contribution in [3.05, 3.63) is 0 Å². The van der Waals surface area contributed by atoms with Gasteiger partial charge >= 0.3 is 0 Å². The van der Waals surface area contributed by atoms with Crippen LogP contribution < -0.4 is 5.32 Å². The fraction of sp³-hybridized carbons (Fsp3) is 1.00. The van der Waals surface area contributed by atoms with Gasteiger partial charge in [-0.3, -0.25) is 0 Å². The molecule has 0 aromatic rings. The lowest BCUT2D eigenvalue weighted by molar-refractivity contribution is 0.0521. The van der Waals surface area contributed by atoms with E-state index in [-0.39, 0.29) is 0 Å². The van der Waals surface area contributed by atoms with E-state index in [2.05, 4.69) is 39.9 Å². The molecule has 0 bridgehead atoms. The monoisotopic (exact) mass is 255 g/mol. The quantitative estimate of drug-likeness (QED) is 0.805. The van der Waals surface area contributed by atoms with Gasteiger partial charge in [0.25, 0.3) is 0 Å². The van der Waals surface area contributed by atoms with E-state index in [0.717, 1.165) is 18.4 Å². The van der Waals surface area contributed by atoms with Crippen LogP contribution in [0.15, 0.2) is 0 Å². The van der Waals surface area contributed by atoms with Gasteiger partial charge < -0.3 is 10.1 Å². The average Bonchev–Trinajstić information content (AvgIpc) is 2.30. The Morgan fingerprint density at radius 2 is 1.94 bits per heavy atom. The summed E-state index contributed by atoms with van der Waals surface area (Å²) >= 11 is 0. The number of ether oxygens (including phenoxy) is 1. The van der Waals surface area contributed by atoms with Gasteiger partial charge in [0, 0.05) is 13.2 Å². The van der Waals surface area contributed by atoms with Crippen LogP contribution in [0.3, 0.4) is 0 Å². The van der Waals surface area contributed by atoms with E-state index in [9.17, 15) is 0 Å². The summed E-state index contributed by atoms with van der Waals surface area (Å²) in [5.74, 6) is 1.64. The molecule has 4 atom stereocenters. The third-order valence-corrected chi connectivity index (χ3v) is 4.71. The van der Waals surface area contributed by atoms with E-state index >= 15 is 0 Å². The van der Waals surface area contributed by atoms with Crippen LogP contribution in [0.1, 0.15) is 60.3 Å². The Morgan fingerprint density at radius 3 is 2.44 bits per heavy atom. The zero-order valence-electron chi connectivity index (χ0n) is 13.3. The van der Waals surface area contributed by atoms with E-state index in [1.54, 1.807) is 0 Å². The van der Waals surface area contributed by atoms with Gasteiger partial charge in [-0.15, -0.1) is 0 Å². The minimum atomic E-state index is 0.384. The fourth-order valence-corrected chi connectivity index (χ4v) is 3.36. The molecule has 0 heterocycles. The van der Waals surface area contributed by atoms with Gasteiger partial charge in [-0.05, 0) is 56.4 Å². The van der Waals surface area contributed by atoms with Gasteiger partial charge in [-0.1, -0.05) is 27.7 Å². The Labute approximate surface area is 114 Å². The predicted molar refractivity (Wildman–Crippen MR) is 78.8 cm³/mol. The highest BCUT2D eigenvalue weighted by Gasteiger charge is 2.35. The molecule has 1 aliphatic rings. The molecule has 1 saturated carbocycles. The Hall–Kier alpha value is -0.0800. The predicted octanol–water partition coefficient (Wildman–Crippen LogP) is 3.85. The molecule has 0 spiro atoms. The zero-order chi connectivity index (χ0) is 13.8. The molecule has 0 radical (unpaired) electrons. The second-order valence-electron chi connectivity index (χ2n) is 7.08. The normalized spacial score (nSPS) is 31.3. The van der Waals surface area contributed by atoms with Gasteiger partial charge in [-0.25, -0.2) is 0 Å². The summed E-state index contributed by atoms with van der Waals surface area (Å²) in [5.41, 5.74) is 0.450. The maximum Gasteiger partial charge on any atom is 0.0546 e. The lowest BCUT2D eigenvalue weighted by Gasteiger charge is -2.43. The van der Waals surface area contributed by atoms with Crippen molar-refractivity contribution in [3.8, 4) is 0 Å². The first-order valence-corrected chi connectivity index (χ1v) is 7.64. The summed E-state index contributed by atoms with van der Waals surface area (Å²) in [6.45, 7) is 12.7. The summed E-state index contributed by atoms with van der Waals surface area (Å²) in [4.78, 5) is 0. The molecule has 0 aromatic heterocycles. The molecule has 0 amide bonds. The van der Waals surface area contributed by atoms with Crippen molar-refractivity contribution in [1.29, 1.82) is 0 Å². The van der Waals surface area contributed by atoms with Crippen molar-refractivity contribution in [2.75, 3.05) is 13.7 Å². The first-order chi connectivity index (χ1) is 8.38. The summed E-state index contributed by atoms with van der Waals surface area (Å²) in [6.07, 6.45) is 5.64. The Balaban J connectivity index is 2.64. The van der Waals surface area contributed by atoms with Crippen LogP contribution in [0.4, 0.5) is 0 Å². The van der Waals surface area contributed by atoms with Gasteiger partial charge in [0.15, 0.2) is 0 Å². The van der Waals surface area contributed by atoms with E-state index in [4.69, 9.17) is 4.74 Å². The van der Waals surface area contributed by atoms with Crippen molar-refractivity contribution >= 4 is 0 Å². The van der Waals surface area contributed by atoms with Crippen LogP contribution in [0.2, 0.25) is 0 Å². The molecule has 0 saturated heterocycles. The molecule has 18 heavy (non-hydrogen) atoms. The molecular formula is C16H33NO. The lowest BCUT2D eigenvalue weighted by Crippen LogP contribution is -2.44. The van der Waals surface area contributed by atoms with E-state index < -0.39 is 0 Å². The Morgan fingerprint density at radius 1 is 1.28 bits per heavy atom. The number of nitrogens with one attached hydrogen (secondary N) is 1. The molecule has 108 valence electrons. The highest BCUT2D eigenvalue weighted by Crippen LogP contribution is 2.41. The van der Waals surface area contributed by atoms with Crippen LogP contribution >= 0.6 is 0 Å². The molecule has 0 aliphatic heterocycles. The number of methoxy groups -OCH3 is 1. The van der Waals surface area contributed by atoms with E-state index in [1.807, 2.05) is 7.11 Å². The van der Waals surface area contributed by atoms with E-state index in [1.165, 1.54) is 25.7 Å². The maximum atomic E-state index is 5.47. The first-order valence-electron chi connectivity index (χ1n) is 7.64. The summed E-state index contributed by atoms with van der Waals surface area (Å²) in [7, 11) is 1.83. The van der Waals surface area contributed by atoms with E-state index in [0.29, 0.717) is 17.6 Å². The second-order valence-corrected chi connectivity index (χ2v) is 7.08. The Bertz CT molecular complexity index is 234. The smallest absolute Gasteiger partial charge is 0.0546 e. The van der Waals surface area contributed by atoms with Crippen molar-refractivity contribution in [1.82, 2.24) is 5.32 Å². The van der Waals surface area contributed by atoms with Crippen molar-refractivity contribution in [3.63, 3.8) is 0 Å². The largest absolute Gasteiger partial charge is 0.382 e. The first kappa shape index (κ1) is 16.0. The maximum absolute atomic E-state index is 5.47. The standard InChI is InChI=1S/C16H33NO/c1-7-17-15-9-8-14(16(3,4)5)11-13(15)10-12(2)18-6/h12-15,17H,7-11H2,1-6H3. The minimum Gasteiger partial charge on any atom is -0.382 e. The van der Waals surface area contributed by atoms with Crippen LogP contribution in [0.25, 0.3) is 0 Å². The molecule has 1 N–H and O–H groups in total. The molecule has 2 heteroatoms. The number of hydrogen-bond donors (Lipinski definition) is 1. The van der Waals surface area contributed by atoms with Crippen molar-refractivity contribution < 1.29 is 4.74 Å². The zero-order valence-corrected chi connectivity index (χ0v) is 13.3. The van der Waals surface area contributed by atoms with Crippen molar-refractivity contribution in [2.24, 2.45) is 17.3 Å². The minimum absolute atomic E-state index is 0.384. The second kappa shape index (κ2) is 6.91. The summed E-state index contributed by atoms with van der Waals surface area (Å²) in [6, 6.07) is 0.700. The van der Waals surface area contributed by atoms with Crippen LogP contribution in [-0.4, -0.2) is 25.8 Å². The average molecular weight is 255 g/mol. The van der Waals surface area contributed by atoms with Gasteiger partial charge in [0.1, 0.15) is 0 Å². The molecule has 1 aliphatic carbocycles. The van der Waals surface area contributed by atoms with Crippen LogP contribution in [0, 0.1) is 17.3 Å². The topological polar surface area (TPSA) is 21.3 Å². The fourth-order valence-electron chi connectivity index (χ4n) is 3.36. The highest BCUT2D eigenvalue weighted by atomic mass is 16.5. The molecule has 0 aromatic carbocycles. The summed E-state index contributed by atoms with van der Waals surface area (Å²) < 4.78 is 5.47. The number of hydrogen-bond acceptors (Lipinski definition) is 2. The molecular weight excluding hydrogens is 222 g/mol. The van der Waals surface area contributed by atoms with Crippen LogP contribution in [-0.2, 0) is 4.74 Å². The molecule has 1 fully saturated rings. The van der Waals surface area contributed by atoms with Gasteiger partial charge in [0.05, 0.1) is 6.10 Å². The third kappa shape index (κ3) is 4.55. The highest BCUT2D eigenvalue weighted by molar-refractivity contribution is 4.89. The molecule has 2 nitrogen and oxygen atoms in total. The lowest BCUT2D eigenvalue weighted by atomic mass is 9.66. The summed E-state index contributed by atoms with van der Waals surface area (Å²) in [5, 5.41) is 3.68. The Kier molecular flexibility index (Phi) is 6.13. The molecule has 4 unspecified atom stereocenters. The SMILES string of the molecule is CCNC1CCC(C(C)(C)C)CC1CC(C)OC. The van der Waals surface area contributed by atoms with Crippen molar-refractivity contribution in [2.45, 2.75) is 72.4 Å². The molecule has 1 rings (SSSR count). The van der Waals surface area contributed by atoms with Crippen LogP contribution in [0.5, 0.6) is 0 Å². The van der Waals surface area contributed by atoms with Gasteiger partial charge in [0.2, 0.25) is 0 Å².